The predicted octanol–water partition coefficient (Wildman–Crippen LogP) is -8.71. The molecule has 68 heavy (non-hydrogen) atoms. The van der Waals surface area contributed by atoms with Gasteiger partial charge in [-0.15, -0.1) is 0 Å². The fourth-order valence-electron chi connectivity index (χ4n) is 8.90. The largest absolute Gasteiger partial charge is 0.508 e. The molecule has 1 saturated heterocycles. The molecule has 5 amide bonds. The molecular weight excluding hydrogens is 901 g/mol. The zero-order valence-electron chi connectivity index (χ0n) is 37.1. The monoisotopic (exact) mass is 964 g/mol. The molecule has 0 aromatic heterocycles. The molecule has 1 saturated carbocycles. The third kappa shape index (κ3) is 12.5. The number of hydrogen-bond donors (Lipinski definition) is 17. The van der Waals surface area contributed by atoms with Crippen LogP contribution in [-0.4, -0.2) is 211 Å². The molecule has 2 fully saturated rings. The van der Waals surface area contributed by atoms with E-state index in [-0.39, 0.29) is 24.0 Å². The number of aldehydes is 1. The van der Waals surface area contributed by atoms with Gasteiger partial charge in [0.1, 0.15) is 66.2 Å². The van der Waals surface area contributed by atoms with E-state index in [0.29, 0.717) is 18.3 Å². The second kappa shape index (κ2) is 24.0. The van der Waals surface area contributed by atoms with Crippen LogP contribution in [0.1, 0.15) is 44.1 Å². The highest BCUT2D eigenvalue weighted by Crippen LogP contribution is 2.35. The average molecular weight is 965 g/mol. The number of aliphatic hydroxyl groups is 7. The Bertz CT molecular complexity index is 1990. The van der Waals surface area contributed by atoms with E-state index in [0.717, 1.165) is 37.0 Å². The SMILES string of the molecule is NC1=NCC(C(O)(C2CN=C(N)N2C2OC(CO)C(O)C(O)C2O)[C@H](NC(=O)[C@H](CO)NC(=O)[C@H](Cc2ccc(O)cc2)NC(=O)[C@@H](N)CC2CCCCC2)C(=O)N[C@@H](CO)C(=O)NCC=O)N1. The van der Waals surface area contributed by atoms with Gasteiger partial charge < -0.3 is 104 Å². The molecule has 1 aromatic rings. The van der Waals surface area contributed by atoms with Crippen molar-refractivity contribution in [3.05, 3.63) is 29.8 Å². The number of carbonyl (C=O) groups is 6. The summed E-state index contributed by atoms with van der Waals surface area (Å²) < 4.78 is 5.75. The smallest absolute Gasteiger partial charge is 0.246 e. The van der Waals surface area contributed by atoms with E-state index in [1.54, 1.807) is 0 Å². The van der Waals surface area contributed by atoms with Crippen molar-refractivity contribution in [1.82, 2.24) is 36.8 Å². The van der Waals surface area contributed by atoms with Gasteiger partial charge in [0, 0.05) is 6.42 Å². The highest BCUT2D eigenvalue weighted by molar-refractivity contribution is 5.97. The molecule has 5 rings (SSSR count). The molecule has 4 aliphatic rings. The molecular formula is C41H64N12O15. The Morgan fingerprint density at radius 1 is 0.824 bits per heavy atom. The first-order valence-corrected chi connectivity index (χ1v) is 22.2. The topological polar surface area (TPSA) is 452 Å². The number of aliphatic hydroxyl groups excluding tert-OH is 6. The fraction of sp³-hybridized carbons (Fsp3) is 0.659. The number of nitrogens with two attached hydrogens (primary N) is 3. The van der Waals surface area contributed by atoms with Crippen molar-refractivity contribution in [2.24, 2.45) is 33.1 Å². The van der Waals surface area contributed by atoms with Crippen LogP contribution in [0.2, 0.25) is 0 Å². The summed E-state index contributed by atoms with van der Waals surface area (Å²) in [5.74, 6) is -6.18. The summed E-state index contributed by atoms with van der Waals surface area (Å²) in [5.41, 5.74) is 16.2. The molecule has 20 N–H and O–H groups in total. The Morgan fingerprint density at radius 3 is 2.04 bits per heavy atom. The molecule has 27 nitrogen and oxygen atoms in total. The molecule has 1 aliphatic carbocycles. The summed E-state index contributed by atoms with van der Waals surface area (Å²) >= 11 is 0. The number of hydrogen-bond acceptors (Lipinski definition) is 22. The van der Waals surface area contributed by atoms with Gasteiger partial charge in [0.25, 0.3) is 0 Å². The van der Waals surface area contributed by atoms with Crippen LogP contribution in [0, 0.1) is 5.92 Å². The number of nitrogens with zero attached hydrogens (tertiary/aromatic N) is 3. The number of nitrogens with one attached hydrogen (secondary N) is 6. The number of carbonyl (C=O) groups excluding carboxylic acids is 6. The van der Waals surface area contributed by atoms with Gasteiger partial charge in [0.2, 0.25) is 29.5 Å². The van der Waals surface area contributed by atoms with Crippen molar-refractivity contribution in [2.75, 3.05) is 39.5 Å². The van der Waals surface area contributed by atoms with Crippen LogP contribution >= 0.6 is 0 Å². The number of aromatic hydroxyl groups is 1. The van der Waals surface area contributed by atoms with E-state index in [1.165, 1.54) is 24.3 Å². The maximum Gasteiger partial charge on any atom is 0.246 e. The normalized spacial score (nSPS) is 27.1. The van der Waals surface area contributed by atoms with Gasteiger partial charge in [-0.3, -0.25) is 34.0 Å². The lowest BCUT2D eigenvalue weighted by Crippen LogP contribution is -2.78. The van der Waals surface area contributed by atoms with Crippen molar-refractivity contribution < 1.29 is 74.4 Å². The molecule has 27 heteroatoms. The third-order valence-corrected chi connectivity index (χ3v) is 12.7. The number of amides is 5. The van der Waals surface area contributed by atoms with E-state index < -0.39 is 153 Å². The van der Waals surface area contributed by atoms with Crippen LogP contribution in [0.15, 0.2) is 34.3 Å². The summed E-state index contributed by atoms with van der Waals surface area (Å²) in [6.07, 6.45) is -3.88. The van der Waals surface area contributed by atoms with E-state index >= 15 is 0 Å². The Hall–Kier alpha value is -5.78. The quantitative estimate of drug-likeness (QED) is 0.0480. The molecule has 0 radical (unpaired) electrons. The summed E-state index contributed by atoms with van der Waals surface area (Å²) in [4.78, 5) is 89.9. The zero-order chi connectivity index (χ0) is 49.9. The Balaban J connectivity index is 1.51. The van der Waals surface area contributed by atoms with Crippen LogP contribution in [0.25, 0.3) is 0 Å². The van der Waals surface area contributed by atoms with Gasteiger partial charge in [-0.1, -0.05) is 44.2 Å². The van der Waals surface area contributed by atoms with Gasteiger partial charge in [-0.25, -0.2) is 0 Å². The third-order valence-electron chi connectivity index (χ3n) is 12.7. The lowest BCUT2D eigenvalue weighted by Gasteiger charge is -2.51. The van der Waals surface area contributed by atoms with Gasteiger partial charge in [-0.05, 0) is 30.0 Å². The number of phenols is 1. The van der Waals surface area contributed by atoms with Crippen molar-refractivity contribution in [3.8, 4) is 5.75 Å². The summed E-state index contributed by atoms with van der Waals surface area (Å²) in [6, 6.07) is -6.19. The zero-order valence-corrected chi connectivity index (χ0v) is 37.1. The van der Waals surface area contributed by atoms with Gasteiger partial charge in [0.05, 0.1) is 57.6 Å². The first-order chi connectivity index (χ1) is 32.4. The summed E-state index contributed by atoms with van der Waals surface area (Å²) in [6.45, 7) is -4.67. The maximum atomic E-state index is 14.6. The lowest BCUT2D eigenvalue weighted by atomic mass is 9.77. The molecule has 0 bridgehead atoms. The van der Waals surface area contributed by atoms with Crippen LogP contribution in [0.5, 0.6) is 5.75 Å². The minimum atomic E-state index is -2.86. The minimum absolute atomic E-state index is 0.0824. The summed E-state index contributed by atoms with van der Waals surface area (Å²) in [5, 5.41) is 101. The first-order valence-electron chi connectivity index (χ1n) is 22.2. The van der Waals surface area contributed by atoms with E-state index in [9.17, 15) is 69.6 Å². The second-order valence-corrected chi connectivity index (χ2v) is 17.3. The molecule has 3 aliphatic heterocycles. The molecule has 0 spiro atoms. The number of ether oxygens (including phenoxy) is 1. The number of guanidine groups is 2. The Morgan fingerprint density at radius 2 is 1.44 bits per heavy atom. The molecule has 1 aromatic carbocycles. The second-order valence-electron chi connectivity index (χ2n) is 17.3. The molecule has 3 heterocycles. The number of rotatable bonds is 22. The summed E-state index contributed by atoms with van der Waals surface area (Å²) in [7, 11) is 0. The van der Waals surface area contributed by atoms with Crippen LogP contribution in [0.3, 0.4) is 0 Å². The average Bonchev–Trinajstić information content (AvgIpc) is 3.95. The van der Waals surface area contributed by atoms with Gasteiger partial charge in [-0.2, -0.15) is 0 Å². The maximum absolute atomic E-state index is 14.6. The van der Waals surface area contributed by atoms with Crippen LogP contribution in [0.4, 0.5) is 0 Å². The molecule has 378 valence electrons. The lowest BCUT2D eigenvalue weighted by molar-refractivity contribution is -0.264. The van der Waals surface area contributed by atoms with Crippen LogP contribution in [-0.2, 0) is 39.9 Å². The van der Waals surface area contributed by atoms with E-state index in [1.807, 2.05) is 0 Å². The van der Waals surface area contributed by atoms with Crippen molar-refractivity contribution in [2.45, 2.75) is 123 Å². The van der Waals surface area contributed by atoms with Crippen molar-refractivity contribution in [3.63, 3.8) is 0 Å². The van der Waals surface area contributed by atoms with Gasteiger partial charge in [0.15, 0.2) is 18.1 Å². The first kappa shape index (κ1) is 53.2. The molecule has 13 atom stereocenters. The highest BCUT2D eigenvalue weighted by Gasteiger charge is 2.61. The van der Waals surface area contributed by atoms with E-state index in [4.69, 9.17) is 21.9 Å². The Kier molecular flexibility index (Phi) is 18.8. The van der Waals surface area contributed by atoms with Crippen LogP contribution < -0.4 is 49.1 Å². The van der Waals surface area contributed by atoms with Gasteiger partial charge >= 0.3 is 0 Å². The number of benzene rings is 1. The Labute approximate surface area is 389 Å². The number of phenolic OH excluding ortho intramolecular Hbond substituents is 1. The number of aliphatic imine (C=N–C) groups is 2. The fourth-order valence-corrected chi connectivity index (χ4v) is 8.90. The highest BCUT2D eigenvalue weighted by atomic mass is 16.6. The van der Waals surface area contributed by atoms with Crippen molar-refractivity contribution >= 4 is 47.7 Å². The predicted molar refractivity (Wildman–Crippen MR) is 236 cm³/mol. The minimum Gasteiger partial charge on any atom is -0.508 e. The van der Waals surface area contributed by atoms with Crippen molar-refractivity contribution in [1.29, 1.82) is 0 Å². The molecule has 8 unspecified atom stereocenters. The van der Waals surface area contributed by atoms with E-state index in [2.05, 4.69) is 41.9 Å². The standard InChI is InChI=1S/C41H64N12O15/c42-22(12-19-4-2-1-3-5-19)33(62)48-23(13-20-6-8-21(58)9-7-20)35(64)49-25(17-56)36(65)52-32(37(66)50-24(16-55)34(63)45-10-11-54)41(67,27-14-46-39(43)51-27)28-15-47-40(44)53(28)38-31(61)30(60)29(59)26(18-57)68-38/h6-9,11,19,22-32,38,55-61,67H,1-5,10,12-18,42H2,(H2,44,47)(H,45,63)(H,48,62)(H,49,64)(H,50,66)(H,52,65)(H3,43,46,51)/t22-,23-,24-,25-,26?,27?,28?,29?,30?,31?,32+,38?,41?/m0/s1.